The summed E-state index contributed by atoms with van der Waals surface area (Å²) < 4.78 is 5.60. The van der Waals surface area contributed by atoms with Crippen molar-refractivity contribution in [3.05, 3.63) is 35.9 Å². The van der Waals surface area contributed by atoms with Gasteiger partial charge in [-0.3, -0.25) is 0 Å². The van der Waals surface area contributed by atoms with Crippen molar-refractivity contribution in [2.45, 2.75) is 33.6 Å². The van der Waals surface area contributed by atoms with Gasteiger partial charge in [0.2, 0.25) is 0 Å². The number of ether oxygens (including phenoxy) is 1. The zero-order chi connectivity index (χ0) is 11.1. The smallest absolute Gasteiger partial charge is 0.119 e. The Morgan fingerprint density at radius 3 is 2.47 bits per heavy atom. The van der Waals surface area contributed by atoms with Crippen molar-refractivity contribution in [3.63, 3.8) is 0 Å². The van der Waals surface area contributed by atoms with E-state index in [2.05, 4.69) is 39.0 Å². The molecule has 0 amide bonds. The number of allylic oxidation sites excluding steroid dienone is 2. The summed E-state index contributed by atoms with van der Waals surface area (Å²) in [7, 11) is 0. The van der Waals surface area contributed by atoms with Crippen LogP contribution < -0.4 is 4.74 Å². The molecule has 0 heterocycles. The number of hydrogen-bond donors (Lipinski definition) is 0. The van der Waals surface area contributed by atoms with Crippen molar-refractivity contribution in [1.82, 2.24) is 0 Å². The van der Waals surface area contributed by atoms with E-state index in [1.807, 2.05) is 12.1 Å². The summed E-state index contributed by atoms with van der Waals surface area (Å²) in [6, 6.07) is 8.29. The van der Waals surface area contributed by atoms with Crippen LogP contribution in [0.2, 0.25) is 0 Å². The lowest BCUT2D eigenvalue weighted by Gasteiger charge is -2.06. The van der Waals surface area contributed by atoms with Gasteiger partial charge in [0.05, 0.1) is 6.61 Å². The Morgan fingerprint density at radius 1 is 1.27 bits per heavy atom. The molecule has 0 atom stereocenters. The first-order valence-corrected chi connectivity index (χ1v) is 5.64. The average molecular weight is 204 g/mol. The van der Waals surface area contributed by atoms with Gasteiger partial charge in [-0.25, -0.2) is 0 Å². The first-order valence-electron chi connectivity index (χ1n) is 5.64. The predicted molar refractivity (Wildman–Crippen MR) is 66.2 cm³/mol. The van der Waals surface area contributed by atoms with E-state index < -0.39 is 0 Å². The van der Waals surface area contributed by atoms with Crippen molar-refractivity contribution in [2.24, 2.45) is 0 Å². The number of unbranched alkanes of at least 4 members (excludes halogenated alkanes) is 1. The molecule has 1 rings (SSSR count). The summed E-state index contributed by atoms with van der Waals surface area (Å²) in [5.74, 6) is 0.969. The zero-order valence-electron chi connectivity index (χ0n) is 9.92. The van der Waals surface area contributed by atoms with Crippen LogP contribution in [0.25, 0.3) is 5.57 Å². The first kappa shape index (κ1) is 11.8. The summed E-state index contributed by atoms with van der Waals surface area (Å²) in [5, 5.41) is 0. The Bertz CT molecular complexity index is 309. The van der Waals surface area contributed by atoms with Gasteiger partial charge in [-0.2, -0.15) is 0 Å². The first-order chi connectivity index (χ1) is 7.27. The van der Waals surface area contributed by atoms with Crippen LogP contribution in [0.1, 0.15) is 39.2 Å². The minimum absolute atomic E-state index is 0.818. The van der Waals surface area contributed by atoms with Crippen LogP contribution in [-0.2, 0) is 0 Å². The second kappa shape index (κ2) is 6.28. The van der Waals surface area contributed by atoms with E-state index in [1.165, 1.54) is 17.6 Å². The molecule has 0 unspecified atom stereocenters. The van der Waals surface area contributed by atoms with Crippen molar-refractivity contribution >= 4 is 5.57 Å². The van der Waals surface area contributed by atoms with Crippen LogP contribution in [0, 0.1) is 0 Å². The van der Waals surface area contributed by atoms with Crippen molar-refractivity contribution < 1.29 is 4.74 Å². The molecule has 0 aliphatic heterocycles. The molecule has 1 aromatic rings. The number of benzene rings is 1. The van der Waals surface area contributed by atoms with Crippen LogP contribution in [0.5, 0.6) is 5.75 Å². The Hall–Kier alpha value is -1.24. The molecular weight excluding hydrogens is 184 g/mol. The van der Waals surface area contributed by atoms with E-state index in [0.717, 1.165) is 18.8 Å². The molecular formula is C14H20O. The van der Waals surface area contributed by atoms with Crippen LogP contribution in [0.3, 0.4) is 0 Å². The fraction of sp³-hybridized carbons (Fsp3) is 0.429. The SMILES string of the molecule is CC=C(C)c1ccc(OCCCC)cc1. The highest BCUT2D eigenvalue weighted by atomic mass is 16.5. The third-order valence-electron chi connectivity index (χ3n) is 2.51. The van der Waals surface area contributed by atoms with E-state index in [1.54, 1.807) is 0 Å². The Morgan fingerprint density at radius 2 is 1.93 bits per heavy atom. The van der Waals surface area contributed by atoms with Gasteiger partial charge < -0.3 is 4.74 Å². The number of rotatable bonds is 5. The molecule has 0 saturated heterocycles. The van der Waals surface area contributed by atoms with E-state index in [4.69, 9.17) is 4.74 Å². The predicted octanol–water partition coefficient (Wildman–Crippen LogP) is 4.29. The molecule has 1 nitrogen and oxygen atoms in total. The summed E-state index contributed by atoms with van der Waals surface area (Å²) >= 11 is 0. The largest absolute Gasteiger partial charge is 0.494 e. The minimum Gasteiger partial charge on any atom is -0.494 e. The molecule has 0 N–H and O–H groups in total. The summed E-state index contributed by atoms with van der Waals surface area (Å²) in [6.07, 6.45) is 4.42. The fourth-order valence-electron chi connectivity index (χ4n) is 1.32. The van der Waals surface area contributed by atoms with Gasteiger partial charge in [0.1, 0.15) is 5.75 Å². The second-order valence-corrected chi connectivity index (χ2v) is 3.70. The summed E-state index contributed by atoms with van der Waals surface area (Å²) in [4.78, 5) is 0. The molecule has 0 aliphatic carbocycles. The van der Waals surface area contributed by atoms with Gasteiger partial charge in [-0.05, 0) is 43.5 Å². The lowest BCUT2D eigenvalue weighted by molar-refractivity contribution is 0.309. The summed E-state index contributed by atoms with van der Waals surface area (Å²) in [5.41, 5.74) is 2.57. The molecule has 1 aromatic carbocycles. The molecule has 0 aliphatic rings. The van der Waals surface area contributed by atoms with Crippen molar-refractivity contribution in [1.29, 1.82) is 0 Å². The standard InChI is InChI=1S/C14H20O/c1-4-6-11-15-14-9-7-13(8-10-14)12(3)5-2/h5,7-10H,4,6,11H2,1-3H3. The van der Waals surface area contributed by atoms with Gasteiger partial charge in [-0.1, -0.05) is 31.6 Å². The van der Waals surface area contributed by atoms with Crippen LogP contribution in [0.15, 0.2) is 30.3 Å². The van der Waals surface area contributed by atoms with Crippen LogP contribution in [0.4, 0.5) is 0 Å². The highest BCUT2D eigenvalue weighted by Crippen LogP contribution is 2.18. The van der Waals surface area contributed by atoms with Crippen LogP contribution in [-0.4, -0.2) is 6.61 Å². The van der Waals surface area contributed by atoms with Gasteiger partial charge in [0.25, 0.3) is 0 Å². The van der Waals surface area contributed by atoms with E-state index in [-0.39, 0.29) is 0 Å². The van der Waals surface area contributed by atoms with Gasteiger partial charge in [0.15, 0.2) is 0 Å². The van der Waals surface area contributed by atoms with Gasteiger partial charge in [-0.15, -0.1) is 0 Å². The van der Waals surface area contributed by atoms with Gasteiger partial charge in [0, 0.05) is 0 Å². The lowest BCUT2D eigenvalue weighted by atomic mass is 10.1. The maximum absolute atomic E-state index is 5.60. The maximum Gasteiger partial charge on any atom is 0.119 e. The van der Waals surface area contributed by atoms with E-state index >= 15 is 0 Å². The molecule has 0 saturated carbocycles. The van der Waals surface area contributed by atoms with Crippen molar-refractivity contribution in [2.75, 3.05) is 6.61 Å². The second-order valence-electron chi connectivity index (χ2n) is 3.70. The normalized spacial score (nSPS) is 11.5. The highest BCUT2D eigenvalue weighted by Gasteiger charge is 1.96. The quantitative estimate of drug-likeness (QED) is 0.650. The maximum atomic E-state index is 5.60. The molecule has 82 valence electrons. The van der Waals surface area contributed by atoms with Crippen molar-refractivity contribution in [3.8, 4) is 5.75 Å². The van der Waals surface area contributed by atoms with Crippen LogP contribution >= 0.6 is 0 Å². The van der Waals surface area contributed by atoms with E-state index in [9.17, 15) is 0 Å². The zero-order valence-corrected chi connectivity index (χ0v) is 9.92. The number of hydrogen-bond acceptors (Lipinski definition) is 1. The minimum atomic E-state index is 0.818. The molecule has 1 heteroatoms. The molecule has 0 aromatic heterocycles. The molecule has 0 fully saturated rings. The Kier molecular flexibility index (Phi) is 4.96. The topological polar surface area (TPSA) is 9.23 Å². The van der Waals surface area contributed by atoms with Gasteiger partial charge >= 0.3 is 0 Å². The monoisotopic (exact) mass is 204 g/mol. The fourth-order valence-corrected chi connectivity index (χ4v) is 1.32. The molecule has 0 bridgehead atoms. The molecule has 0 radical (unpaired) electrons. The lowest BCUT2D eigenvalue weighted by Crippen LogP contribution is -1.96. The molecule has 15 heavy (non-hydrogen) atoms. The highest BCUT2D eigenvalue weighted by molar-refractivity contribution is 5.63. The Balaban J connectivity index is 2.56. The third-order valence-corrected chi connectivity index (χ3v) is 2.51. The molecule has 0 spiro atoms. The Labute approximate surface area is 92.8 Å². The third kappa shape index (κ3) is 3.78. The summed E-state index contributed by atoms with van der Waals surface area (Å²) in [6.45, 7) is 7.16. The average Bonchev–Trinajstić information content (AvgIpc) is 2.29. The van der Waals surface area contributed by atoms with E-state index in [0.29, 0.717) is 0 Å².